The molecule has 44 heavy (non-hydrogen) atoms. The number of amides is 2. The summed E-state index contributed by atoms with van der Waals surface area (Å²) in [6.07, 6.45) is 5.41. The summed E-state index contributed by atoms with van der Waals surface area (Å²) in [5.41, 5.74) is 3.62. The number of phenolic OH excluding ortho intramolecular Hbond substituents is 1. The summed E-state index contributed by atoms with van der Waals surface area (Å²) in [5.74, 6) is -2.52. The van der Waals surface area contributed by atoms with Gasteiger partial charge in [-0.2, -0.15) is 0 Å². The van der Waals surface area contributed by atoms with E-state index in [0.29, 0.717) is 34.5 Å². The number of methoxy groups -OCH3 is 1. The number of ether oxygens (including phenoxy) is 1. The normalized spacial score (nSPS) is 27.5. The van der Waals surface area contributed by atoms with Crippen LogP contribution in [0, 0.1) is 17.8 Å². The van der Waals surface area contributed by atoms with E-state index in [4.69, 9.17) is 4.74 Å². The number of Topliss-reactive ketones (excluding diaryl/α,β-unsaturated/α-hetero) is 1. The number of nitrogens with zero attached hydrogens (tertiary/aromatic N) is 2. The highest BCUT2D eigenvalue weighted by atomic mass is 16.5. The predicted molar refractivity (Wildman–Crippen MR) is 163 cm³/mol. The average Bonchev–Trinajstić information content (AvgIpc) is 3.29. The number of carbonyl (C=O) groups is 4. The number of hydrogen-bond donors (Lipinski definition) is 1. The largest absolute Gasteiger partial charge is 0.508 e. The second-order valence-corrected chi connectivity index (χ2v) is 12.7. The standard InChI is InChI=1S/C36H36N2O6/c1-20-16-30(40)28-18-26-24(31(33(28)34(20)41)27-17-23(44-2)8-11-29(27)39)9-10-25-32(26)36(43)38(35(25)42)22-12-14-37(15-13-22)19-21-6-4-3-5-7-21/h3-9,11,16-17,22,25-26,31-32,39H,10,12-15,18-19H2,1-2H3. The topological polar surface area (TPSA) is 104 Å². The van der Waals surface area contributed by atoms with Crippen molar-refractivity contribution in [2.24, 2.45) is 17.8 Å². The number of allylic oxidation sites excluding steroid dienone is 6. The molecule has 2 aromatic carbocycles. The van der Waals surface area contributed by atoms with Gasteiger partial charge in [-0.3, -0.25) is 29.0 Å². The molecule has 4 unspecified atom stereocenters. The molecule has 226 valence electrons. The fourth-order valence-electron chi connectivity index (χ4n) is 8.17. The zero-order valence-electron chi connectivity index (χ0n) is 25.0. The van der Waals surface area contributed by atoms with Crippen LogP contribution in [0.1, 0.15) is 49.7 Å². The van der Waals surface area contributed by atoms with Crippen molar-refractivity contribution < 1.29 is 29.0 Å². The summed E-state index contributed by atoms with van der Waals surface area (Å²) in [6.45, 7) is 4.07. The predicted octanol–water partition coefficient (Wildman–Crippen LogP) is 4.49. The van der Waals surface area contributed by atoms with E-state index >= 15 is 0 Å². The van der Waals surface area contributed by atoms with Crippen LogP contribution in [-0.4, -0.2) is 64.5 Å². The van der Waals surface area contributed by atoms with Crippen molar-refractivity contribution in [3.8, 4) is 11.5 Å². The lowest BCUT2D eigenvalue weighted by molar-refractivity contribution is -0.144. The number of aromatic hydroxyl groups is 1. The molecule has 3 aliphatic carbocycles. The molecule has 2 heterocycles. The van der Waals surface area contributed by atoms with Gasteiger partial charge in [0.25, 0.3) is 0 Å². The number of likely N-dealkylation sites (tertiary alicyclic amines) is 2. The van der Waals surface area contributed by atoms with Gasteiger partial charge in [0, 0.05) is 53.9 Å². The van der Waals surface area contributed by atoms with Crippen molar-refractivity contribution in [3.63, 3.8) is 0 Å². The number of rotatable bonds is 5. The number of hydrogen-bond acceptors (Lipinski definition) is 7. The first-order chi connectivity index (χ1) is 21.3. The van der Waals surface area contributed by atoms with Gasteiger partial charge in [-0.1, -0.05) is 42.0 Å². The summed E-state index contributed by atoms with van der Waals surface area (Å²) in [4.78, 5) is 59.1. The molecule has 8 heteroatoms. The lowest BCUT2D eigenvalue weighted by atomic mass is 9.59. The average molecular weight is 593 g/mol. The third-order valence-electron chi connectivity index (χ3n) is 10.3. The number of piperidine rings is 1. The maximum Gasteiger partial charge on any atom is 0.233 e. The molecular formula is C36H36N2O6. The molecule has 8 nitrogen and oxygen atoms in total. The molecule has 0 aromatic heterocycles. The van der Waals surface area contributed by atoms with Crippen molar-refractivity contribution in [2.45, 2.75) is 51.1 Å². The van der Waals surface area contributed by atoms with Crippen LogP contribution < -0.4 is 4.74 Å². The summed E-state index contributed by atoms with van der Waals surface area (Å²) in [5, 5.41) is 11.0. The van der Waals surface area contributed by atoms with Crippen LogP contribution in [0.4, 0.5) is 0 Å². The molecular weight excluding hydrogens is 556 g/mol. The molecule has 2 aliphatic heterocycles. The Morgan fingerprint density at radius 1 is 0.955 bits per heavy atom. The Morgan fingerprint density at radius 3 is 2.43 bits per heavy atom. The minimum atomic E-state index is -0.710. The van der Waals surface area contributed by atoms with Gasteiger partial charge in [-0.05, 0) is 68.4 Å². The molecule has 7 rings (SSSR count). The SMILES string of the molecule is COc1ccc(O)c(C2C3=CCC4C(=O)N(C5CCN(Cc6ccccc6)CC5)C(=O)C4C3CC3=C2C(=O)C(C)=CC3=O)c1. The van der Waals surface area contributed by atoms with Crippen LogP contribution in [0.2, 0.25) is 0 Å². The third-order valence-corrected chi connectivity index (χ3v) is 10.3. The van der Waals surface area contributed by atoms with Crippen molar-refractivity contribution in [2.75, 3.05) is 20.2 Å². The highest BCUT2D eigenvalue weighted by Gasteiger charge is 2.57. The highest BCUT2D eigenvalue weighted by Crippen LogP contribution is 2.56. The molecule has 2 fully saturated rings. The van der Waals surface area contributed by atoms with Gasteiger partial charge in [-0.25, -0.2) is 0 Å². The van der Waals surface area contributed by atoms with E-state index in [1.54, 1.807) is 19.1 Å². The Hall–Kier alpha value is -4.30. The first-order valence-corrected chi connectivity index (χ1v) is 15.5. The van der Waals surface area contributed by atoms with E-state index in [2.05, 4.69) is 17.0 Å². The van der Waals surface area contributed by atoms with Crippen LogP contribution in [-0.2, 0) is 25.7 Å². The van der Waals surface area contributed by atoms with Gasteiger partial charge < -0.3 is 9.84 Å². The Labute approximate surface area is 256 Å². The second-order valence-electron chi connectivity index (χ2n) is 12.7. The third kappa shape index (κ3) is 4.54. The van der Waals surface area contributed by atoms with E-state index in [9.17, 15) is 24.3 Å². The number of imide groups is 1. The molecule has 2 amide bonds. The van der Waals surface area contributed by atoms with Crippen molar-refractivity contribution in [1.29, 1.82) is 0 Å². The molecule has 0 bridgehead atoms. The van der Waals surface area contributed by atoms with Gasteiger partial charge in [0.2, 0.25) is 11.8 Å². The Kier molecular flexibility index (Phi) is 7.12. The smallest absolute Gasteiger partial charge is 0.233 e. The van der Waals surface area contributed by atoms with E-state index in [1.165, 1.54) is 29.7 Å². The van der Waals surface area contributed by atoms with Crippen LogP contribution in [0.25, 0.3) is 0 Å². The second kappa shape index (κ2) is 11.0. The lowest BCUT2D eigenvalue weighted by Crippen LogP contribution is -2.47. The summed E-state index contributed by atoms with van der Waals surface area (Å²) in [7, 11) is 1.53. The Balaban J connectivity index is 1.20. The van der Waals surface area contributed by atoms with Gasteiger partial charge in [0.15, 0.2) is 11.6 Å². The van der Waals surface area contributed by atoms with Gasteiger partial charge in [-0.15, -0.1) is 0 Å². The van der Waals surface area contributed by atoms with Crippen molar-refractivity contribution in [3.05, 3.63) is 94.1 Å². The molecule has 0 spiro atoms. The van der Waals surface area contributed by atoms with E-state index in [0.717, 1.165) is 38.0 Å². The van der Waals surface area contributed by atoms with Crippen molar-refractivity contribution in [1.82, 2.24) is 9.80 Å². The zero-order chi connectivity index (χ0) is 30.7. The number of ketones is 2. The van der Waals surface area contributed by atoms with Crippen LogP contribution in [0.15, 0.2) is 83.0 Å². The van der Waals surface area contributed by atoms with Gasteiger partial charge in [0.05, 0.1) is 18.9 Å². The quantitative estimate of drug-likeness (QED) is 0.310. The molecule has 2 aromatic rings. The van der Waals surface area contributed by atoms with E-state index in [1.807, 2.05) is 24.3 Å². The monoisotopic (exact) mass is 592 g/mol. The maximum absolute atomic E-state index is 14.3. The fourth-order valence-corrected chi connectivity index (χ4v) is 8.17. The van der Waals surface area contributed by atoms with E-state index < -0.39 is 23.7 Å². The number of fused-ring (bicyclic) bond motifs is 3. The highest BCUT2D eigenvalue weighted by molar-refractivity contribution is 6.24. The minimum Gasteiger partial charge on any atom is -0.508 e. The molecule has 4 atom stereocenters. The molecule has 1 N–H and O–H groups in total. The zero-order valence-corrected chi connectivity index (χ0v) is 25.0. The summed E-state index contributed by atoms with van der Waals surface area (Å²) < 4.78 is 5.45. The first-order valence-electron chi connectivity index (χ1n) is 15.5. The maximum atomic E-state index is 14.3. The van der Waals surface area contributed by atoms with Crippen LogP contribution >= 0.6 is 0 Å². The van der Waals surface area contributed by atoms with Gasteiger partial charge in [0.1, 0.15) is 11.5 Å². The Morgan fingerprint density at radius 2 is 1.70 bits per heavy atom. The molecule has 0 saturated carbocycles. The van der Waals surface area contributed by atoms with Gasteiger partial charge >= 0.3 is 0 Å². The minimum absolute atomic E-state index is 0.0171. The molecule has 2 saturated heterocycles. The summed E-state index contributed by atoms with van der Waals surface area (Å²) in [6, 6.07) is 15.0. The van der Waals surface area contributed by atoms with Crippen molar-refractivity contribution >= 4 is 23.4 Å². The van der Waals surface area contributed by atoms with Crippen LogP contribution in [0.5, 0.6) is 11.5 Å². The van der Waals surface area contributed by atoms with E-state index in [-0.39, 0.29) is 41.6 Å². The first kappa shape index (κ1) is 28.5. The van der Waals surface area contributed by atoms with Crippen LogP contribution in [0.3, 0.4) is 0 Å². The molecule has 0 radical (unpaired) electrons. The summed E-state index contributed by atoms with van der Waals surface area (Å²) >= 11 is 0. The lowest BCUT2D eigenvalue weighted by Gasteiger charge is -2.42. The number of benzene rings is 2. The number of carbonyl (C=O) groups excluding carboxylic acids is 4. The Bertz CT molecular complexity index is 1660. The fraction of sp³-hybridized carbons (Fsp3) is 0.389. The molecule has 5 aliphatic rings. The number of phenols is 1.